The molecule has 0 atom stereocenters. The molecule has 0 saturated carbocycles. The van der Waals surface area contributed by atoms with E-state index in [2.05, 4.69) is 25.1 Å². The second kappa shape index (κ2) is 9.38. The number of nitrogens with zero attached hydrogens (tertiary/aromatic N) is 3. The number of amides is 1. The average Bonchev–Trinajstić information content (AvgIpc) is 3.04. The summed E-state index contributed by atoms with van der Waals surface area (Å²) >= 11 is 0.671. The van der Waals surface area contributed by atoms with Gasteiger partial charge in [-0.15, -0.1) is 5.11 Å². The van der Waals surface area contributed by atoms with Crippen molar-refractivity contribution in [3.63, 3.8) is 0 Å². The summed E-state index contributed by atoms with van der Waals surface area (Å²) in [5.41, 5.74) is 1.92. The quantitative estimate of drug-likeness (QED) is 0.235. The lowest BCUT2D eigenvalue weighted by Gasteiger charge is -1.98. The highest BCUT2D eigenvalue weighted by atomic mass is 32.2. The van der Waals surface area contributed by atoms with Crippen LogP contribution in [0.15, 0.2) is 69.9 Å². The van der Waals surface area contributed by atoms with Gasteiger partial charge in [-0.3, -0.25) is 4.79 Å². The van der Waals surface area contributed by atoms with Crippen LogP contribution < -0.4 is 9.57 Å². The van der Waals surface area contributed by atoms with E-state index in [0.29, 0.717) is 22.9 Å². The minimum atomic E-state index is -0.596. The molecular weight excluding hydrogens is 378 g/mol. The van der Waals surface area contributed by atoms with Gasteiger partial charge in [-0.05, 0) is 29.8 Å². The Labute approximate surface area is 165 Å². The predicted octanol–water partition coefficient (Wildman–Crippen LogP) is 5.02. The minimum absolute atomic E-state index is 0.141. The number of rotatable bonds is 6. The molecule has 0 spiro atoms. The summed E-state index contributed by atoms with van der Waals surface area (Å²) in [6, 6.07) is 14.7. The lowest BCUT2D eigenvalue weighted by molar-refractivity contribution is 0.266. The van der Waals surface area contributed by atoms with Crippen molar-refractivity contribution >= 4 is 46.1 Å². The highest BCUT2D eigenvalue weighted by Crippen LogP contribution is 2.35. The Hall–Kier alpha value is -3.59. The molecule has 3 N–H and O–H groups in total. The number of fused-ring (bicyclic) bond motifs is 1. The van der Waals surface area contributed by atoms with Crippen LogP contribution in [0.2, 0.25) is 0 Å². The molecule has 28 heavy (non-hydrogen) atoms. The first kappa shape index (κ1) is 19.2. The number of aromatic hydroxyl groups is 1. The third-order valence-electron chi connectivity index (χ3n) is 3.64. The summed E-state index contributed by atoms with van der Waals surface area (Å²) in [6.07, 6.45) is 5.09. The first-order valence-electron chi connectivity index (χ1n) is 8.18. The largest absolute Gasteiger partial charge is 0.497 e. The van der Waals surface area contributed by atoms with Crippen molar-refractivity contribution in [3.8, 4) is 11.6 Å². The van der Waals surface area contributed by atoms with Gasteiger partial charge in [0.25, 0.3) is 0 Å². The number of carbonyl (C=O) groups is 1. The van der Waals surface area contributed by atoms with E-state index in [0.717, 1.165) is 11.3 Å². The third-order valence-corrected chi connectivity index (χ3v) is 4.09. The maximum absolute atomic E-state index is 11.7. The fourth-order valence-corrected chi connectivity index (χ4v) is 2.61. The summed E-state index contributed by atoms with van der Waals surface area (Å²) in [5.74, 6) is 0.648. The van der Waals surface area contributed by atoms with E-state index >= 15 is 0 Å². The number of aromatic amines is 1. The number of hydrazone groups is 1. The van der Waals surface area contributed by atoms with Crippen molar-refractivity contribution in [2.45, 2.75) is 0 Å². The van der Waals surface area contributed by atoms with Gasteiger partial charge in [-0.2, -0.15) is 5.10 Å². The van der Waals surface area contributed by atoms with Crippen LogP contribution in [-0.4, -0.2) is 28.7 Å². The van der Waals surface area contributed by atoms with Crippen LogP contribution in [-0.2, 0) is 0 Å². The first-order valence-corrected chi connectivity index (χ1v) is 9.00. The van der Waals surface area contributed by atoms with Gasteiger partial charge >= 0.3 is 5.24 Å². The summed E-state index contributed by atoms with van der Waals surface area (Å²) in [6.45, 7) is 0. The standard InChI is InChI=1S/C19H17N5O3S/c1-27-14-10-8-13(9-11-14)5-4-12-20-24-28-19(26)23-22-17-15-6-2-3-7-16(15)21-18(17)25/h2-12,21,24-25H,1H3/b5-4+,20-12+,23-22?. The molecule has 0 unspecified atom stereocenters. The van der Waals surface area contributed by atoms with Crippen molar-refractivity contribution in [1.82, 2.24) is 9.82 Å². The number of hydrogen-bond acceptors (Lipinski definition) is 7. The van der Waals surface area contributed by atoms with Crippen molar-refractivity contribution in [2.24, 2.45) is 15.3 Å². The second-order valence-corrected chi connectivity index (χ2v) is 6.17. The first-order chi connectivity index (χ1) is 13.7. The fraction of sp³-hybridized carbons (Fsp3) is 0.0526. The molecule has 0 aliphatic heterocycles. The van der Waals surface area contributed by atoms with Crippen LogP contribution in [0.5, 0.6) is 11.6 Å². The molecule has 0 fully saturated rings. The van der Waals surface area contributed by atoms with Gasteiger partial charge in [0.05, 0.1) is 24.6 Å². The number of allylic oxidation sites excluding steroid dienone is 1. The second-order valence-electron chi connectivity index (χ2n) is 5.44. The molecule has 3 aromatic rings. The maximum Gasteiger partial charge on any atom is 0.345 e. The number of aromatic nitrogens is 1. The fourth-order valence-electron chi connectivity index (χ4n) is 2.33. The molecular formula is C19H17N5O3S. The van der Waals surface area contributed by atoms with E-state index in [1.807, 2.05) is 36.4 Å². The van der Waals surface area contributed by atoms with Gasteiger partial charge in [-0.1, -0.05) is 41.5 Å². The van der Waals surface area contributed by atoms with Gasteiger partial charge in [0.2, 0.25) is 5.88 Å². The third kappa shape index (κ3) is 4.98. The van der Waals surface area contributed by atoms with E-state index in [1.165, 1.54) is 6.21 Å². The number of ether oxygens (including phenoxy) is 1. The van der Waals surface area contributed by atoms with Gasteiger partial charge in [0.15, 0.2) is 5.69 Å². The van der Waals surface area contributed by atoms with E-state index in [9.17, 15) is 9.90 Å². The molecule has 0 bridgehead atoms. The van der Waals surface area contributed by atoms with Crippen molar-refractivity contribution in [1.29, 1.82) is 0 Å². The Morgan fingerprint density at radius 3 is 2.79 bits per heavy atom. The zero-order valence-electron chi connectivity index (χ0n) is 14.9. The minimum Gasteiger partial charge on any atom is -0.497 e. The van der Waals surface area contributed by atoms with Gasteiger partial charge in [0, 0.05) is 11.6 Å². The van der Waals surface area contributed by atoms with E-state index < -0.39 is 5.24 Å². The van der Waals surface area contributed by atoms with Crippen LogP contribution in [0.25, 0.3) is 17.0 Å². The summed E-state index contributed by atoms with van der Waals surface area (Å²) in [4.78, 5) is 17.0. The molecule has 0 aliphatic rings. The summed E-state index contributed by atoms with van der Waals surface area (Å²) in [7, 11) is 1.62. The molecule has 0 aliphatic carbocycles. The Kier molecular flexibility index (Phi) is 6.42. The highest BCUT2D eigenvalue weighted by molar-refractivity contribution is 8.11. The van der Waals surface area contributed by atoms with Crippen molar-refractivity contribution in [2.75, 3.05) is 7.11 Å². The predicted molar refractivity (Wildman–Crippen MR) is 111 cm³/mol. The van der Waals surface area contributed by atoms with Gasteiger partial charge in [-0.25, -0.2) is 4.83 Å². The van der Waals surface area contributed by atoms with Crippen LogP contribution in [0.3, 0.4) is 0 Å². The topological polar surface area (TPSA) is 111 Å². The molecule has 1 heterocycles. The summed E-state index contributed by atoms with van der Waals surface area (Å²) in [5, 5.41) is 21.2. The van der Waals surface area contributed by atoms with Crippen molar-refractivity contribution < 1.29 is 14.6 Å². The number of para-hydroxylation sites is 1. The Balaban J connectivity index is 1.48. The van der Waals surface area contributed by atoms with Crippen LogP contribution in [0.4, 0.5) is 10.5 Å². The van der Waals surface area contributed by atoms with E-state index in [1.54, 1.807) is 31.4 Å². The zero-order chi connectivity index (χ0) is 19.8. The van der Waals surface area contributed by atoms with E-state index in [4.69, 9.17) is 4.74 Å². The summed E-state index contributed by atoms with van der Waals surface area (Å²) < 4.78 is 5.09. The lowest BCUT2D eigenvalue weighted by atomic mass is 10.2. The molecule has 3 rings (SSSR count). The van der Waals surface area contributed by atoms with Crippen LogP contribution in [0, 0.1) is 0 Å². The molecule has 1 aromatic heterocycles. The zero-order valence-corrected chi connectivity index (χ0v) is 15.7. The maximum atomic E-state index is 11.7. The Morgan fingerprint density at radius 2 is 2.00 bits per heavy atom. The number of H-pyrrole nitrogens is 1. The number of methoxy groups -OCH3 is 1. The monoisotopic (exact) mass is 395 g/mol. The Bertz CT molecular complexity index is 1040. The molecule has 2 aromatic carbocycles. The number of azo groups is 1. The lowest BCUT2D eigenvalue weighted by Crippen LogP contribution is -1.96. The smallest absolute Gasteiger partial charge is 0.345 e. The number of hydrogen-bond donors (Lipinski definition) is 3. The highest BCUT2D eigenvalue weighted by Gasteiger charge is 2.10. The normalized spacial score (nSPS) is 11.8. The SMILES string of the molecule is COc1ccc(/C=C/C=N/NSC(=O)N=Nc2c(O)[nH]c3ccccc23)cc1. The van der Waals surface area contributed by atoms with Crippen LogP contribution in [0.1, 0.15) is 5.56 Å². The molecule has 8 nitrogen and oxygen atoms in total. The molecule has 0 radical (unpaired) electrons. The average molecular weight is 395 g/mol. The number of nitrogens with one attached hydrogen (secondary N) is 2. The number of benzene rings is 2. The number of carbonyl (C=O) groups excluding carboxylic acids is 1. The Morgan fingerprint density at radius 1 is 1.21 bits per heavy atom. The van der Waals surface area contributed by atoms with Gasteiger partial charge < -0.3 is 14.8 Å². The van der Waals surface area contributed by atoms with Crippen molar-refractivity contribution in [3.05, 3.63) is 60.2 Å². The van der Waals surface area contributed by atoms with Gasteiger partial charge in [0.1, 0.15) is 5.75 Å². The molecule has 9 heteroatoms. The van der Waals surface area contributed by atoms with E-state index in [-0.39, 0.29) is 11.6 Å². The molecule has 0 saturated heterocycles. The molecule has 142 valence electrons. The van der Waals surface area contributed by atoms with Crippen LogP contribution >= 0.6 is 11.9 Å². The molecule has 1 amide bonds.